The molecule has 1 saturated heterocycles. The molecule has 0 atom stereocenters. The van der Waals surface area contributed by atoms with E-state index >= 15 is 0 Å². The number of nitrogens with one attached hydrogen (secondary N) is 1. The van der Waals surface area contributed by atoms with E-state index in [1.165, 1.54) is 6.21 Å². The van der Waals surface area contributed by atoms with Gasteiger partial charge in [-0.25, -0.2) is 5.43 Å². The number of hydrogen-bond acceptors (Lipinski definition) is 5. The van der Waals surface area contributed by atoms with Gasteiger partial charge in [-0.1, -0.05) is 43.7 Å². The Bertz CT molecular complexity index is 891. The van der Waals surface area contributed by atoms with E-state index in [9.17, 15) is 14.7 Å². The van der Waals surface area contributed by atoms with Gasteiger partial charge < -0.3 is 10.0 Å². The number of para-hydroxylation sites is 1. The average molecular weight is 409 g/mol. The molecule has 0 saturated carbocycles. The van der Waals surface area contributed by atoms with Crippen LogP contribution in [0.3, 0.4) is 0 Å². The van der Waals surface area contributed by atoms with Crippen molar-refractivity contribution in [1.82, 2.24) is 15.2 Å². The van der Waals surface area contributed by atoms with Crippen molar-refractivity contribution in [1.29, 1.82) is 0 Å². The topological polar surface area (TPSA) is 85.2 Å². The Morgan fingerprint density at radius 3 is 2.50 bits per heavy atom. The first-order valence-electron chi connectivity index (χ1n) is 10.3. The standard InChI is InChI=1S/C23H28N4O3/c1-2-7-18-10-6-11-20(22(18)29)16-24-25-21(28)17-26-12-14-27(15-13-26)23(30)19-8-4-3-5-9-19/h3-6,8-11,16,29H,2,7,12-15,17H2,1H3,(H,25,28)/b24-16-. The van der Waals surface area contributed by atoms with Gasteiger partial charge in [-0.3, -0.25) is 14.5 Å². The molecule has 1 aliphatic heterocycles. The number of benzene rings is 2. The van der Waals surface area contributed by atoms with Crippen LogP contribution >= 0.6 is 0 Å². The zero-order valence-electron chi connectivity index (χ0n) is 17.3. The number of carbonyl (C=O) groups is 2. The molecule has 0 bridgehead atoms. The highest BCUT2D eigenvalue weighted by Crippen LogP contribution is 2.22. The van der Waals surface area contributed by atoms with Crippen LogP contribution in [0.5, 0.6) is 5.75 Å². The molecule has 2 N–H and O–H groups in total. The number of hydrazone groups is 1. The molecule has 0 spiro atoms. The van der Waals surface area contributed by atoms with Crippen LogP contribution < -0.4 is 5.43 Å². The van der Waals surface area contributed by atoms with Gasteiger partial charge in [0.25, 0.3) is 11.8 Å². The lowest BCUT2D eigenvalue weighted by atomic mass is 10.1. The summed E-state index contributed by atoms with van der Waals surface area (Å²) in [5.41, 5.74) is 4.65. The molecule has 1 aliphatic rings. The molecule has 3 rings (SSSR count). The molecule has 158 valence electrons. The summed E-state index contributed by atoms with van der Waals surface area (Å²) >= 11 is 0. The van der Waals surface area contributed by atoms with Crippen LogP contribution in [0, 0.1) is 0 Å². The number of phenols is 1. The monoisotopic (exact) mass is 408 g/mol. The first-order chi connectivity index (χ1) is 14.6. The second-order valence-electron chi connectivity index (χ2n) is 7.33. The van der Waals surface area contributed by atoms with Gasteiger partial charge in [-0.2, -0.15) is 5.10 Å². The van der Waals surface area contributed by atoms with E-state index in [1.54, 1.807) is 6.07 Å². The van der Waals surface area contributed by atoms with Crippen LogP contribution in [0.2, 0.25) is 0 Å². The zero-order chi connectivity index (χ0) is 21.3. The van der Waals surface area contributed by atoms with Crippen LogP contribution in [-0.2, 0) is 11.2 Å². The van der Waals surface area contributed by atoms with E-state index in [1.807, 2.05) is 52.3 Å². The third-order valence-corrected chi connectivity index (χ3v) is 5.11. The van der Waals surface area contributed by atoms with Crippen LogP contribution in [0.15, 0.2) is 53.6 Å². The number of amides is 2. The maximum atomic E-state index is 12.5. The van der Waals surface area contributed by atoms with E-state index in [4.69, 9.17) is 0 Å². The Hall–Kier alpha value is -3.19. The maximum Gasteiger partial charge on any atom is 0.254 e. The van der Waals surface area contributed by atoms with E-state index in [0.717, 1.165) is 18.4 Å². The molecule has 1 heterocycles. The molecular formula is C23H28N4O3. The summed E-state index contributed by atoms with van der Waals surface area (Å²) in [5.74, 6) is 0.00394. The predicted octanol–water partition coefficient (Wildman–Crippen LogP) is 2.25. The molecule has 2 aromatic carbocycles. The number of piperazine rings is 1. The van der Waals surface area contributed by atoms with Crippen molar-refractivity contribution in [3.63, 3.8) is 0 Å². The van der Waals surface area contributed by atoms with Crippen molar-refractivity contribution in [2.24, 2.45) is 5.10 Å². The van der Waals surface area contributed by atoms with Crippen molar-refractivity contribution >= 4 is 18.0 Å². The summed E-state index contributed by atoms with van der Waals surface area (Å²) in [5, 5.41) is 14.2. The molecule has 0 unspecified atom stereocenters. The minimum absolute atomic E-state index is 0.0226. The predicted molar refractivity (Wildman–Crippen MR) is 117 cm³/mol. The van der Waals surface area contributed by atoms with Gasteiger partial charge in [-0.05, 0) is 30.2 Å². The third kappa shape index (κ3) is 5.67. The molecule has 30 heavy (non-hydrogen) atoms. The van der Waals surface area contributed by atoms with Crippen molar-refractivity contribution in [3.05, 3.63) is 65.2 Å². The average Bonchev–Trinajstić information content (AvgIpc) is 2.77. The zero-order valence-corrected chi connectivity index (χ0v) is 17.3. The largest absolute Gasteiger partial charge is 0.507 e. The van der Waals surface area contributed by atoms with E-state index < -0.39 is 0 Å². The summed E-state index contributed by atoms with van der Waals surface area (Å²) in [6, 6.07) is 14.7. The van der Waals surface area contributed by atoms with Crippen molar-refractivity contribution in [2.75, 3.05) is 32.7 Å². The fourth-order valence-corrected chi connectivity index (χ4v) is 3.47. The second-order valence-corrected chi connectivity index (χ2v) is 7.33. The Kier molecular flexibility index (Phi) is 7.57. The van der Waals surface area contributed by atoms with Crippen molar-refractivity contribution < 1.29 is 14.7 Å². The molecule has 0 radical (unpaired) electrons. The fourth-order valence-electron chi connectivity index (χ4n) is 3.47. The first-order valence-corrected chi connectivity index (χ1v) is 10.3. The Morgan fingerprint density at radius 2 is 1.80 bits per heavy atom. The van der Waals surface area contributed by atoms with Crippen LogP contribution in [0.4, 0.5) is 0 Å². The summed E-state index contributed by atoms with van der Waals surface area (Å²) in [4.78, 5) is 28.5. The number of phenolic OH excluding ortho intramolecular Hbond substituents is 1. The summed E-state index contributed by atoms with van der Waals surface area (Å²) in [6.07, 6.45) is 3.19. The van der Waals surface area contributed by atoms with Crippen LogP contribution in [0.25, 0.3) is 0 Å². The highest BCUT2D eigenvalue weighted by atomic mass is 16.3. The van der Waals surface area contributed by atoms with Crippen LogP contribution in [0.1, 0.15) is 34.8 Å². The highest BCUT2D eigenvalue weighted by Gasteiger charge is 2.23. The van der Waals surface area contributed by atoms with Gasteiger partial charge in [-0.15, -0.1) is 0 Å². The lowest BCUT2D eigenvalue weighted by Gasteiger charge is -2.34. The van der Waals surface area contributed by atoms with Gasteiger partial charge >= 0.3 is 0 Å². The van der Waals surface area contributed by atoms with Crippen molar-refractivity contribution in [2.45, 2.75) is 19.8 Å². The lowest BCUT2D eigenvalue weighted by Crippen LogP contribution is -2.50. The molecule has 0 aromatic heterocycles. The fraction of sp³-hybridized carbons (Fsp3) is 0.348. The Labute approximate surface area is 177 Å². The molecule has 1 fully saturated rings. The molecule has 0 aliphatic carbocycles. The Balaban J connectivity index is 1.45. The number of rotatable bonds is 7. The first kappa shape index (κ1) is 21.5. The van der Waals surface area contributed by atoms with Gasteiger partial charge in [0, 0.05) is 37.3 Å². The molecule has 2 amide bonds. The molecule has 2 aromatic rings. The molecular weight excluding hydrogens is 380 g/mol. The summed E-state index contributed by atoms with van der Waals surface area (Å²) in [7, 11) is 0. The molecule has 7 nitrogen and oxygen atoms in total. The summed E-state index contributed by atoms with van der Waals surface area (Å²) < 4.78 is 0. The second kappa shape index (κ2) is 10.5. The minimum Gasteiger partial charge on any atom is -0.507 e. The number of nitrogens with zero attached hydrogens (tertiary/aromatic N) is 3. The van der Waals surface area contributed by atoms with E-state index in [2.05, 4.69) is 17.5 Å². The minimum atomic E-state index is -0.224. The van der Waals surface area contributed by atoms with Crippen LogP contribution in [-0.4, -0.2) is 65.7 Å². The smallest absolute Gasteiger partial charge is 0.254 e. The van der Waals surface area contributed by atoms with E-state index in [-0.39, 0.29) is 24.1 Å². The number of carbonyl (C=O) groups excluding carboxylic acids is 2. The van der Waals surface area contributed by atoms with Gasteiger partial charge in [0.1, 0.15) is 5.75 Å². The number of hydrogen-bond donors (Lipinski definition) is 2. The highest BCUT2D eigenvalue weighted by molar-refractivity contribution is 5.94. The van der Waals surface area contributed by atoms with Gasteiger partial charge in [0.05, 0.1) is 12.8 Å². The third-order valence-electron chi connectivity index (χ3n) is 5.11. The summed E-state index contributed by atoms with van der Waals surface area (Å²) in [6.45, 7) is 4.71. The van der Waals surface area contributed by atoms with Gasteiger partial charge in [0.15, 0.2) is 0 Å². The maximum absolute atomic E-state index is 12.5. The molecule has 7 heteroatoms. The number of aryl methyl sites for hydroxylation is 1. The SMILES string of the molecule is CCCc1cccc(/C=N\NC(=O)CN2CCN(C(=O)c3ccccc3)CC2)c1O. The quantitative estimate of drug-likeness (QED) is 0.544. The number of aromatic hydroxyl groups is 1. The van der Waals surface area contributed by atoms with Gasteiger partial charge in [0.2, 0.25) is 0 Å². The normalized spacial score (nSPS) is 14.8. The Morgan fingerprint density at radius 1 is 1.07 bits per heavy atom. The van der Waals surface area contributed by atoms with E-state index in [0.29, 0.717) is 37.3 Å². The van der Waals surface area contributed by atoms with Crippen molar-refractivity contribution in [3.8, 4) is 5.75 Å². The lowest BCUT2D eigenvalue weighted by molar-refractivity contribution is -0.122.